The molecule has 2 heterocycles. The van der Waals surface area contributed by atoms with Crippen molar-refractivity contribution in [3.8, 4) is 44.8 Å². The normalized spacial score (nSPS) is 13.8. The van der Waals surface area contributed by atoms with E-state index in [9.17, 15) is 0 Å². The number of hydrogen-bond donors (Lipinski definition) is 0. The summed E-state index contributed by atoms with van der Waals surface area (Å²) in [4.78, 5) is 9.73. The summed E-state index contributed by atoms with van der Waals surface area (Å²) in [7, 11) is 0. The van der Waals surface area contributed by atoms with Crippen LogP contribution >= 0.6 is 0 Å². The Labute approximate surface area is 332 Å². The lowest BCUT2D eigenvalue weighted by Crippen LogP contribution is -2.05. The van der Waals surface area contributed by atoms with Gasteiger partial charge in [-0.2, -0.15) is 0 Å². The van der Waals surface area contributed by atoms with Gasteiger partial charge in [0.1, 0.15) is 17.2 Å². The van der Waals surface area contributed by atoms with Crippen molar-refractivity contribution in [1.82, 2.24) is 4.57 Å². The summed E-state index contributed by atoms with van der Waals surface area (Å²) in [5.41, 5.74) is 14.6. The van der Waals surface area contributed by atoms with Crippen LogP contribution in [0.25, 0.3) is 66.6 Å². The van der Waals surface area contributed by atoms with Crippen molar-refractivity contribution < 1.29 is 4.74 Å². The highest BCUT2D eigenvalue weighted by atomic mass is 16.5. The van der Waals surface area contributed by atoms with Crippen LogP contribution in [0.2, 0.25) is 0 Å². The highest BCUT2D eigenvalue weighted by molar-refractivity contribution is 6.19. The molecule has 270 valence electrons. The van der Waals surface area contributed by atoms with Crippen LogP contribution in [0, 0.1) is 0 Å². The predicted octanol–water partition coefficient (Wildman–Crippen LogP) is 13.2. The number of aliphatic imine (C=N–C) groups is 2. The lowest BCUT2D eigenvalue weighted by Gasteiger charge is -2.10. The first-order chi connectivity index (χ1) is 28.2. The van der Waals surface area contributed by atoms with Crippen LogP contribution in [-0.4, -0.2) is 17.0 Å². The first-order valence-electron chi connectivity index (χ1n) is 19.2. The van der Waals surface area contributed by atoms with Crippen LogP contribution in [0.3, 0.4) is 0 Å². The van der Waals surface area contributed by atoms with Crippen molar-refractivity contribution in [3.63, 3.8) is 0 Å². The monoisotopic (exact) mass is 731 g/mol. The molecule has 0 unspecified atom stereocenters. The Morgan fingerprint density at radius 3 is 1.86 bits per heavy atom. The lowest BCUT2D eigenvalue weighted by atomic mass is 9.96. The van der Waals surface area contributed by atoms with Crippen LogP contribution in [0.4, 0.5) is 0 Å². The zero-order chi connectivity index (χ0) is 38.1. The van der Waals surface area contributed by atoms with E-state index < -0.39 is 0 Å². The summed E-state index contributed by atoms with van der Waals surface area (Å²) >= 11 is 0. The van der Waals surface area contributed by atoms with E-state index in [0.29, 0.717) is 18.0 Å². The number of aromatic nitrogens is 1. The Morgan fingerprint density at radius 1 is 0.491 bits per heavy atom. The molecule has 0 amide bonds. The zero-order valence-corrected chi connectivity index (χ0v) is 31.2. The molecule has 4 heteroatoms. The van der Waals surface area contributed by atoms with E-state index in [0.717, 1.165) is 67.2 Å². The van der Waals surface area contributed by atoms with Gasteiger partial charge < -0.3 is 9.30 Å². The third-order valence-corrected chi connectivity index (χ3v) is 10.8. The van der Waals surface area contributed by atoms with Crippen molar-refractivity contribution in [2.24, 2.45) is 9.98 Å². The molecular formula is C53H37N3O. The fraction of sp³-hybridized carbons (Fsp3) is 0.0189. The molecule has 57 heavy (non-hydrogen) atoms. The summed E-state index contributed by atoms with van der Waals surface area (Å²) in [6, 6.07) is 70.2. The van der Waals surface area contributed by atoms with E-state index in [1.807, 2.05) is 24.3 Å². The highest BCUT2D eigenvalue weighted by Gasteiger charge is 2.29. The van der Waals surface area contributed by atoms with Crippen LogP contribution in [0.15, 0.2) is 216 Å². The van der Waals surface area contributed by atoms with Crippen LogP contribution < -0.4 is 4.74 Å². The van der Waals surface area contributed by atoms with Gasteiger partial charge in [-0.1, -0.05) is 152 Å². The predicted molar refractivity (Wildman–Crippen MR) is 237 cm³/mol. The number of hydrogen-bond acceptors (Lipinski definition) is 3. The van der Waals surface area contributed by atoms with Gasteiger partial charge >= 0.3 is 0 Å². The number of allylic oxidation sites excluding steroid dienone is 1. The van der Waals surface area contributed by atoms with Gasteiger partial charge in [-0.3, -0.25) is 9.98 Å². The number of para-hydroxylation sites is 2. The van der Waals surface area contributed by atoms with Crippen LogP contribution in [-0.2, 0) is 6.54 Å². The van der Waals surface area contributed by atoms with E-state index in [-0.39, 0.29) is 0 Å². The second-order valence-corrected chi connectivity index (χ2v) is 14.2. The molecule has 8 aromatic carbocycles. The average molecular weight is 732 g/mol. The van der Waals surface area contributed by atoms with E-state index in [1.165, 1.54) is 21.8 Å². The van der Waals surface area contributed by atoms with Crippen molar-refractivity contribution in [1.29, 1.82) is 0 Å². The molecule has 0 bridgehead atoms. The molecule has 0 spiro atoms. The van der Waals surface area contributed by atoms with Gasteiger partial charge in [0, 0.05) is 27.6 Å². The minimum absolute atomic E-state index is 0.508. The number of rotatable bonds is 8. The largest absolute Gasteiger partial charge is 0.452 e. The van der Waals surface area contributed by atoms with E-state index in [4.69, 9.17) is 9.73 Å². The molecule has 0 N–H and O–H groups in total. The standard InChI is InChI=1S/C53H37N3O/c1-54-51(43-22-14-19-38(32-43)37-17-7-3-8-18-37)53-52(55-35-36-15-5-2-6-16-36)47-30-28-42(34-50(47)57-53)40-21-13-20-39(31-40)41-27-29-46-45-25-11-12-26-48(45)56(49(46)33-41)44-23-9-4-10-24-44/h2-34H,1,35H2/b53-51+,55-52?. The number of fused-ring (bicyclic) bond motifs is 4. The summed E-state index contributed by atoms with van der Waals surface area (Å²) in [5.74, 6) is 1.35. The highest BCUT2D eigenvalue weighted by Crippen LogP contribution is 2.41. The van der Waals surface area contributed by atoms with Crippen molar-refractivity contribution >= 4 is 39.9 Å². The van der Waals surface area contributed by atoms with Crippen LogP contribution in [0.5, 0.6) is 5.75 Å². The Bertz CT molecular complexity index is 3010. The molecule has 9 aromatic rings. The van der Waals surface area contributed by atoms with E-state index in [2.05, 4.69) is 192 Å². The van der Waals surface area contributed by atoms with E-state index >= 15 is 0 Å². The van der Waals surface area contributed by atoms with Crippen molar-refractivity contribution in [2.75, 3.05) is 0 Å². The molecular weight excluding hydrogens is 695 g/mol. The van der Waals surface area contributed by atoms with Gasteiger partial charge in [0.25, 0.3) is 0 Å². The summed E-state index contributed by atoms with van der Waals surface area (Å²) in [5, 5.41) is 2.48. The Balaban J connectivity index is 1.05. The first-order valence-corrected chi connectivity index (χ1v) is 19.2. The van der Waals surface area contributed by atoms with Crippen LogP contribution in [0.1, 0.15) is 16.7 Å². The third-order valence-electron chi connectivity index (χ3n) is 10.8. The van der Waals surface area contributed by atoms with Crippen molar-refractivity contribution in [3.05, 3.63) is 223 Å². The maximum atomic E-state index is 6.78. The zero-order valence-electron chi connectivity index (χ0n) is 31.2. The lowest BCUT2D eigenvalue weighted by molar-refractivity contribution is 0.470. The van der Waals surface area contributed by atoms with E-state index in [1.54, 1.807) is 0 Å². The minimum atomic E-state index is 0.508. The fourth-order valence-electron chi connectivity index (χ4n) is 7.99. The van der Waals surface area contributed by atoms with Gasteiger partial charge in [0.15, 0.2) is 5.76 Å². The Hall–Kier alpha value is -7.56. The summed E-state index contributed by atoms with van der Waals surface area (Å²) < 4.78 is 9.15. The maximum absolute atomic E-state index is 6.78. The Morgan fingerprint density at radius 2 is 1.09 bits per heavy atom. The first kappa shape index (κ1) is 34.0. The number of nitrogens with zero attached hydrogens (tertiary/aromatic N) is 3. The molecule has 0 aliphatic carbocycles. The SMILES string of the molecule is C=N/C(=C1/Oc2cc(-c3cccc(-c4ccc5c6ccccc6n(-c6ccccc6)c5c4)c3)ccc2C1=NCc1ccccc1)c1cccc(-c2ccccc2)c1. The van der Waals surface area contributed by atoms with Gasteiger partial charge in [-0.05, 0) is 94.2 Å². The molecule has 10 rings (SSSR count). The van der Waals surface area contributed by atoms with Gasteiger partial charge in [-0.15, -0.1) is 0 Å². The molecule has 1 aliphatic rings. The number of ether oxygens (including phenoxy) is 1. The molecule has 0 atom stereocenters. The topological polar surface area (TPSA) is 38.9 Å². The molecule has 0 fully saturated rings. The van der Waals surface area contributed by atoms with Gasteiger partial charge in [0.05, 0.1) is 17.6 Å². The summed E-state index contributed by atoms with van der Waals surface area (Å²) in [6.45, 7) is 4.52. The fourth-order valence-corrected chi connectivity index (χ4v) is 7.99. The molecule has 0 saturated carbocycles. The number of benzene rings is 8. The van der Waals surface area contributed by atoms with Crippen molar-refractivity contribution in [2.45, 2.75) is 6.54 Å². The average Bonchev–Trinajstić information content (AvgIpc) is 3.81. The second kappa shape index (κ2) is 14.6. The Kier molecular flexibility index (Phi) is 8.69. The second-order valence-electron chi connectivity index (χ2n) is 14.2. The smallest absolute Gasteiger partial charge is 0.179 e. The molecule has 1 aliphatic heterocycles. The molecule has 0 radical (unpaired) electrons. The van der Waals surface area contributed by atoms with Gasteiger partial charge in [0.2, 0.25) is 0 Å². The summed E-state index contributed by atoms with van der Waals surface area (Å²) in [6.07, 6.45) is 0. The third kappa shape index (κ3) is 6.33. The maximum Gasteiger partial charge on any atom is 0.179 e. The van der Waals surface area contributed by atoms with Gasteiger partial charge in [-0.25, -0.2) is 0 Å². The molecule has 4 nitrogen and oxygen atoms in total. The molecule has 0 saturated heterocycles. The molecule has 1 aromatic heterocycles. The quantitative estimate of drug-likeness (QED) is 0.143. The minimum Gasteiger partial charge on any atom is -0.452 e.